The Balaban J connectivity index is 1.60. The zero-order chi connectivity index (χ0) is 19.3. The first kappa shape index (κ1) is 17.3. The van der Waals surface area contributed by atoms with E-state index in [1.54, 1.807) is 10.6 Å². The Bertz CT molecular complexity index is 1290. The van der Waals surface area contributed by atoms with Gasteiger partial charge in [-0.25, -0.2) is 8.42 Å². The van der Waals surface area contributed by atoms with Gasteiger partial charge in [-0.3, -0.25) is 0 Å². The van der Waals surface area contributed by atoms with Crippen LogP contribution in [-0.4, -0.2) is 45.6 Å². The predicted octanol–water partition coefficient (Wildman–Crippen LogP) is 3.02. The van der Waals surface area contributed by atoms with E-state index in [1.807, 2.05) is 31.2 Å². The topological polar surface area (TPSA) is 93.6 Å². The molecule has 0 aliphatic carbocycles. The number of piperidine rings is 1. The summed E-state index contributed by atoms with van der Waals surface area (Å²) in [6, 6.07) is 10.9. The fourth-order valence-electron chi connectivity index (χ4n) is 3.71. The number of hydrogen-bond donors (Lipinski definition) is 0. The monoisotopic (exact) mass is 397 g/mol. The summed E-state index contributed by atoms with van der Waals surface area (Å²) in [5, 5.41) is 14.9. The summed E-state index contributed by atoms with van der Waals surface area (Å²) in [6.07, 6.45) is 2.80. The number of fused-ring (bicyclic) bond motifs is 3. The SMILES string of the molecule is Cc1nn2c(-c3ccc(S(=O)(=O)N4CCCCC4)o3)nnc2c2ccccc12. The average molecular weight is 397 g/mol. The number of sulfonamides is 1. The lowest BCUT2D eigenvalue weighted by Gasteiger charge is -2.24. The Labute approximate surface area is 161 Å². The lowest BCUT2D eigenvalue weighted by Crippen LogP contribution is -2.35. The average Bonchev–Trinajstić information content (AvgIpc) is 3.36. The van der Waals surface area contributed by atoms with Gasteiger partial charge in [0.05, 0.1) is 5.69 Å². The molecule has 0 saturated carbocycles. The lowest BCUT2D eigenvalue weighted by atomic mass is 10.1. The minimum Gasteiger partial charge on any atom is -0.440 e. The van der Waals surface area contributed by atoms with Crippen LogP contribution in [-0.2, 0) is 10.0 Å². The van der Waals surface area contributed by atoms with Crippen LogP contribution >= 0.6 is 0 Å². The molecule has 0 unspecified atom stereocenters. The van der Waals surface area contributed by atoms with Crippen LogP contribution in [0.3, 0.4) is 0 Å². The molecule has 8 nitrogen and oxygen atoms in total. The molecule has 0 bridgehead atoms. The number of nitrogens with zero attached hydrogens (tertiary/aromatic N) is 5. The molecule has 144 valence electrons. The van der Waals surface area contributed by atoms with Gasteiger partial charge in [-0.05, 0) is 31.9 Å². The molecule has 4 heterocycles. The van der Waals surface area contributed by atoms with E-state index in [4.69, 9.17) is 4.42 Å². The highest BCUT2D eigenvalue weighted by Crippen LogP contribution is 2.29. The molecule has 0 amide bonds. The van der Waals surface area contributed by atoms with Crippen LogP contribution in [0.5, 0.6) is 0 Å². The summed E-state index contributed by atoms with van der Waals surface area (Å²) in [5.41, 5.74) is 1.44. The van der Waals surface area contributed by atoms with E-state index >= 15 is 0 Å². The fraction of sp³-hybridized carbons (Fsp3) is 0.316. The number of aryl methyl sites for hydroxylation is 1. The second-order valence-electron chi connectivity index (χ2n) is 6.97. The zero-order valence-corrected chi connectivity index (χ0v) is 16.2. The van der Waals surface area contributed by atoms with E-state index in [0.29, 0.717) is 30.3 Å². The Morgan fingerprint density at radius 3 is 2.50 bits per heavy atom. The summed E-state index contributed by atoms with van der Waals surface area (Å²) in [6.45, 7) is 2.97. The first-order chi connectivity index (χ1) is 13.6. The van der Waals surface area contributed by atoms with E-state index in [-0.39, 0.29) is 5.09 Å². The number of aromatic nitrogens is 4. The second kappa shape index (κ2) is 6.39. The highest BCUT2D eigenvalue weighted by Gasteiger charge is 2.29. The molecule has 1 aliphatic heterocycles. The number of furan rings is 1. The zero-order valence-electron chi connectivity index (χ0n) is 15.4. The lowest BCUT2D eigenvalue weighted by molar-refractivity contribution is 0.333. The van der Waals surface area contributed by atoms with Crippen molar-refractivity contribution < 1.29 is 12.8 Å². The van der Waals surface area contributed by atoms with Crippen molar-refractivity contribution in [2.24, 2.45) is 0 Å². The third-order valence-electron chi connectivity index (χ3n) is 5.16. The maximum Gasteiger partial charge on any atom is 0.276 e. The van der Waals surface area contributed by atoms with Crippen molar-refractivity contribution in [3.05, 3.63) is 42.1 Å². The quantitative estimate of drug-likeness (QED) is 0.527. The van der Waals surface area contributed by atoms with E-state index in [2.05, 4.69) is 15.3 Å². The third kappa shape index (κ3) is 2.61. The molecule has 3 aromatic heterocycles. The molecule has 0 N–H and O–H groups in total. The summed E-state index contributed by atoms with van der Waals surface area (Å²) in [4.78, 5) is 0. The molecule has 28 heavy (non-hydrogen) atoms. The van der Waals surface area contributed by atoms with Gasteiger partial charge in [0.1, 0.15) is 0 Å². The van der Waals surface area contributed by atoms with E-state index in [1.165, 1.54) is 10.4 Å². The van der Waals surface area contributed by atoms with E-state index in [0.717, 1.165) is 35.7 Å². The van der Waals surface area contributed by atoms with Gasteiger partial charge in [-0.2, -0.15) is 13.9 Å². The molecule has 1 fully saturated rings. The maximum atomic E-state index is 12.8. The van der Waals surface area contributed by atoms with Crippen LogP contribution < -0.4 is 0 Å². The summed E-state index contributed by atoms with van der Waals surface area (Å²) in [7, 11) is -3.64. The van der Waals surface area contributed by atoms with Crippen LogP contribution in [0.25, 0.3) is 28.0 Å². The summed E-state index contributed by atoms with van der Waals surface area (Å²) >= 11 is 0. The summed E-state index contributed by atoms with van der Waals surface area (Å²) in [5.74, 6) is 0.703. The Hall–Kier alpha value is -2.78. The van der Waals surface area contributed by atoms with Crippen LogP contribution in [0.2, 0.25) is 0 Å². The maximum absolute atomic E-state index is 12.8. The Morgan fingerprint density at radius 2 is 1.71 bits per heavy atom. The van der Waals surface area contributed by atoms with Crippen molar-refractivity contribution in [2.75, 3.05) is 13.1 Å². The van der Waals surface area contributed by atoms with Crippen molar-refractivity contribution in [3.63, 3.8) is 0 Å². The van der Waals surface area contributed by atoms with Gasteiger partial charge in [0.15, 0.2) is 11.4 Å². The van der Waals surface area contributed by atoms with Gasteiger partial charge in [0.25, 0.3) is 10.0 Å². The van der Waals surface area contributed by atoms with Crippen molar-refractivity contribution in [1.29, 1.82) is 0 Å². The van der Waals surface area contributed by atoms with Gasteiger partial charge in [-0.1, -0.05) is 30.7 Å². The smallest absolute Gasteiger partial charge is 0.276 e. The van der Waals surface area contributed by atoms with E-state index < -0.39 is 10.0 Å². The van der Waals surface area contributed by atoms with Gasteiger partial charge in [0, 0.05) is 23.9 Å². The van der Waals surface area contributed by atoms with Crippen LogP contribution in [0.1, 0.15) is 25.0 Å². The molecule has 1 aliphatic rings. The van der Waals surface area contributed by atoms with Crippen molar-refractivity contribution in [1.82, 2.24) is 24.1 Å². The molecule has 0 radical (unpaired) electrons. The molecule has 0 atom stereocenters. The first-order valence-corrected chi connectivity index (χ1v) is 10.7. The molecular weight excluding hydrogens is 378 g/mol. The van der Waals surface area contributed by atoms with Crippen LogP contribution in [0, 0.1) is 6.92 Å². The van der Waals surface area contributed by atoms with Crippen molar-refractivity contribution >= 4 is 26.4 Å². The Morgan fingerprint density at radius 1 is 0.964 bits per heavy atom. The molecule has 0 spiro atoms. The van der Waals surface area contributed by atoms with Gasteiger partial charge < -0.3 is 4.42 Å². The molecule has 1 aromatic carbocycles. The van der Waals surface area contributed by atoms with Gasteiger partial charge >= 0.3 is 0 Å². The van der Waals surface area contributed by atoms with Crippen LogP contribution in [0.15, 0.2) is 45.9 Å². The number of benzene rings is 1. The number of hydrogen-bond acceptors (Lipinski definition) is 6. The molecule has 4 aromatic rings. The molecule has 1 saturated heterocycles. The third-order valence-corrected chi connectivity index (χ3v) is 6.93. The molecule has 5 rings (SSSR count). The van der Waals surface area contributed by atoms with Crippen molar-refractivity contribution in [3.8, 4) is 11.6 Å². The minimum atomic E-state index is -3.64. The predicted molar refractivity (Wildman–Crippen MR) is 103 cm³/mol. The van der Waals surface area contributed by atoms with Crippen molar-refractivity contribution in [2.45, 2.75) is 31.3 Å². The highest BCUT2D eigenvalue weighted by atomic mass is 32.2. The van der Waals surface area contributed by atoms with Gasteiger partial charge in [0.2, 0.25) is 10.9 Å². The Kier molecular flexibility index (Phi) is 3.95. The largest absolute Gasteiger partial charge is 0.440 e. The molecular formula is C19H19N5O3S. The molecule has 9 heteroatoms. The standard InChI is InChI=1S/C19H19N5O3S/c1-13-14-7-3-4-8-15(14)18-20-21-19(24(18)22-13)16-9-10-17(27-16)28(25,26)23-11-5-2-6-12-23/h3-4,7-10H,2,5-6,11-12H2,1H3. The van der Waals surface area contributed by atoms with Crippen LogP contribution in [0.4, 0.5) is 0 Å². The second-order valence-corrected chi connectivity index (χ2v) is 8.84. The van der Waals surface area contributed by atoms with Gasteiger partial charge in [-0.15, -0.1) is 10.2 Å². The van der Waals surface area contributed by atoms with E-state index in [9.17, 15) is 8.42 Å². The highest BCUT2D eigenvalue weighted by molar-refractivity contribution is 7.89. The minimum absolute atomic E-state index is 0.0707. The first-order valence-electron chi connectivity index (χ1n) is 9.27. The normalized spacial score (nSPS) is 16.2. The summed E-state index contributed by atoms with van der Waals surface area (Å²) < 4.78 is 34.5. The number of rotatable bonds is 3. The fourth-order valence-corrected chi connectivity index (χ4v) is 5.13.